The Bertz CT molecular complexity index is 580. The number of amides is 2. The molecule has 0 aromatic heterocycles. The number of nitrogens with one attached hydrogen (secondary N) is 2. The van der Waals surface area contributed by atoms with Crippen molar-refractivity contribution in [1.82, 2.24) is 0 Å². The van der Waals surface area contributed by atoms with Gasteiger partial charge in [0.1, 0.15) is 5.75 Å². The van der Waals surface area contributed by atoms with E-state index in [1.807, 2.05) is 0 Å². The average Bonchev–Trinajstić information content (AvgIpc) is 2.47. The molecule has 1 heterocycles. The lowest BCUT2D eigenvalue weighted by atomic mass is 9.82. The summed E-state index contributed by atoms with van der Waals surface area (Å²) in [6, 6.07) is 5.17. The molecule has 0 radical (unpaired) electrons. The van der Waals surface area contributed by atoms with Gasteiger partial charge in [0.25, 0.3) is 5.91 Å². The zero-order chi connectivity index (χ0) is 14.9. The second kappa shape index (κ2) is 5.37. The fourth-order valence-electron chi connectivity index (χ4n) is 2.83. The molecule has 21 heavy (non-hydrogen) atoms. The van der Waals surface area contributed by atoms with Crippen molar-refractivity contribution in [3.8, 4) is 5.75 Å². The lowest BCUT2D eigenvalue weighted by Crippen LogP contribution is -2.52. The Morgan fingerprint density at radius 3 is 2.81 bits per heavy atom. The molecular weight excluding hydrogens is 270 g/mol. The first kappa shape index (κ1) is 13.9. The first-order valence-electron chi connectivity index (χ1n) is 7.24. The summed E-state index contributed by atoms with van der Waals surface area (Å²) in [7, 11) is 0. The molecule has 0 saturated heterocycles. The van der Waals surface area contributed by atoms with E-state index in [-0.39, 0.29) is 18.4 Å². The molecule has 1 fully saturated rings. The summed E-state index contributed by atoms with van der Waals surface area (Å²) in [5.41, 5.74) is 6.60. The van der Waals surface area contributed by atoms with E-state index in [0.717, 1.165) is 19.3 Å². The van der Waals surface area contributed by atoms with Crippen molar-refractivity contribution in [2.24, 2.45) is 5.73 Å². The van der Waals surface area contributed by atoms with Crippen LogP contribution < -0.4 is 21.1 Å². The second-order valence-corrected chi connectivity index (χ2v) is 5.72. The molecular formula is C15H19N3O3. The third-order valence-corrected chi connectivity index (χ3v) is 4.07. The van der Waals surface area contributed by atoms with Crippen LogP contribution in [0.2, 0.25) is 0 Å². The molecule has 1 saturated carbocycles. The van der Waals surface area contributed by atoms with Crippen LogP contribution in [0.15, 0.2) is 18.2 Å². The third-order valence-electron chi connectivity index (χ3n) is 4.07. The van der Waals surface area contributed by atoms with Crippen molar-refractivity contribution in [2.75, 3.05) is 17.2 Å². The number of anilines is 2. The van der Waals surface area contributed by atoms with Crippen molar-refractivity contribution in [1.29, 1.82) is 0 Å². The smallest absolute Gasteiger partial charge is 0.262 e. The van der Waals surface area contributed by atoms with Crippen LogP contribution in [0.1, 0.15) is 32.1 Å². The molecule has 0 spiro atoms. The number of ether oxygens (including phenoxy) is 1. The predicted octanol–water partition coefficient (Wildman–Crippen LogP) is 1.62. The third kappa shape index (κ3) is 2.85. The molecule has 0 bridgehead atoms. The number of hydrogen-bond acceptors (Lipinski definition) is 4. The number of hydrogen-bond donors (Lipinski definition) is 3. The molecule has 1 aromatic rings. The van der Waals surface area contributed by atoms with E-state index in [9.17, 15) is 9.59 Å². The van der Waals surface area contributed by atoms with Gasteiger partial charge in [-0.25, -0.2) is 0 Å². The number of carbonyl (C=O) groups excluding carboxylic acids is 2. The number of fused-ring (bicyclic) bond motifs is 1. The molecule has 2 aliphatic rings. The van der Waals surface area contributed by atoms with Gasteiger partial charge in [0.15, 0.2) is 6.61 Å². The van der Waals surface area contributed by atoms with Crippen molar-refractivity contribution in [3.63, 3.8) is 0 Å². The van der Waals surface area contributed by atoms with Gasteiger partial charge in [-0.1, -0.05) is 19.3 Å². The first-order chi connectivity index (χ1) is 10.1. The summed E-state index contributed by atoms with van der Waals surface area (Å²) < 4.78 is 5.28. The van der Waals surface area contributed by atoms with Gasteiger partial charge in [-0.15, -0.1) is 0 Å². The zero-order valence-electron chi connectivity index (χ0n) is 11.8. The summed E-state index contributed by atoms with van der Waals surface area (Å²) in [6.07, 6.45) is 4.53. The molecule has 112 valence electrons. The van der Waals surface area contributed by atoms with Crippen LogP contribution in [0.25, 0.3) is 0 Å². The Hall–Kier alpha value is -2.08. The van der Waals surface area contributed by atoms with Crippen LogP contribution >= 0.6 is 0 Å². The molecule has 4 N–H and O–H groups in total. The minimum atomic E-state index is -0.784. The van der Waals surface area contributed by atoms with Crippen molar-refractivity contribution >= 4 is 23.2 Å². The molecule has 1 aliphatic carbocycles. The maximum Gasteiger partial charge on any atom is 0.262 e. The van der Waals surface area contributed by atoms with Crippen LogP contribution in [0.4, 0.5) is 11.4 Å². The number of nitrogens with two attached hydrogens (primary N) is 1. The van der Waals surface area contributed by atoms with E-state index < -0.39 is 5.54 Å². The van der Waals surface area contributed by atoms with Crippen LogP contribution in [-0.4, -0.2) is 24.0 Å². The highest BCUT2D eigenvalue weighted by Gasteiger charge is 2.35. The highest BCUT2D eigenvalue weighted by molar-refractivity contribution is 6.00. The van der Waals surface area contributed by atoms with E-state index in [0.29, 0.717) is 30.0 Å². The molecule has 2 amide bonds. The maximum absolute atomic E-state index is 12.4. The summed E-state index contributed by atoms with van der Waals surface area (Å²) in [6.45, 7) is 0.0185. The summed E-state index contributed by atoms with van der Waals surface area (Å²) in [4.78, 5) is 23.7. The summed E-state index contributed by atoms with van der Waals surface area (Å²) >= 11 is 0. The van der Waals surface area contributed by atoms with Crippen LogP contribution in [-0.2, 0) is 9.59 Å². The van der Waals surface area contributed by atoms with Gasteiger partial charge < -0.3 is 21.1 Å². The van der Waals surface area contributed by atoms with E-state index in [2.05, 4.69) is 10.6 Å². The lowest BCUT2D eigenvalue weighted by Gasteiger charge is -2.32. The Kier molecular flexibility index (Phi) is 3.55. The Labute approximate surface area is 123 Å². The molecule has 6 heteroatoms. The molecule has 1 aliphatic heterocycles. The molecule has 1 aromatic carbocycles. The zero-order valence-corrected chi connectivity index (χ0v) is 11.8. The standard InChI is InChI=1S/C15H19N3O3/c16-15(6-2-1-3-7-15)14(20)17-10-4-5-12-11(8-10)18-13(19)9-21-12/h4-5,8H,1-3,6-7,9,16H2,(H,17,20)(H,18,19). The van der Waals surface area contributed by atoms with E-state index in [1.54, 1.807) is 18.2 Å². The van der Waals surface area contributed by atoms with Crippen molar-refractivity contribution in [2.45, 2.75) is 37.6 Å². The average molecular weight is 289 g/mol. The quantitative estimate of drug-likeness (QED) is 0.771. The maximum atomic E-state index is 12.4. The fourth-order valence-corrected chi connectivity index (χ4v) is 2.83. The van der Waals surface area contributed by atoms with Gasteiger partial charge in [0.2, 0.25) is 5.91 Å². The van der Waals surface area contributed by atoms with Gasteiger partial charge in [0, 0.05) is 5.69 Å². The van der Waals surface area contributed by atoms with Crippen LogP contribution in [0.3, 0.4) is 0 Å². The van der Waals surface area contributed by atoms with Gasteiger partial charge in [-0.05, 0) is 31.0 Å². The molecule has 6 nitrogen and oxygen atoms in total. The Morgan fingerprint density at radius 2 is 2.05 bits per heavy atom. The number of benzene rings is 1. The topological polar surface area (TPSA) is 93.5 Å². The fraction of sp³-hybridized carbons (Fsp3) is 0.467. The Morgan fingerprint density at radius 1 is 1.29 bits per heavy atom. The normalized spacial score (nSPS) is 20.0. The highest BCUT2D eigenvalue weighted by Crippen LogP contribution is 2.32. The molecule has 0 atom stereocenters. The SMILES string of the molecule is NC1(C(=O)Nc2ccc3c(c2)NC(=O)CO3)CCCCC1. The predicted molar refractivity (Wildman–Crippen MR) is 79.2 cm³/mol. The molecule has 0 unspecified atom stereocenters. The van der Waals surface area contributed by atoms with Gasteiger partial charge in [-0.2, -0.15) is 0 Å². The number of rotatable bonds is 2. The second-order valence-electron chi connectivity index (χ2n) is 5.72. The van der Waals surface area contributed by atoms with Crippen molar-refractivity contribution < 1.29 is 14.3 Å². The lowest BCUT2D eigenvalue weighted by molar-refractivity contribution is -0.122. The van der Waals surface area contributed by atoms with E-state index in [4.69, 9.17) is 10.5 Å². The summed E-state index contributed by atoms with van der Waals surface area (Å²) in [5.74, 6) is 0.242. The number of carbonyl (C=O) groups is 2. The van der Waals surface area contributed by atoms with Crippen LogP contribution in [0, 0.1) is 0 Å². The summed E-state index contributed by atoms with van der Waals surface area (Å²) in [5, 5.41) is 5.56. The van der Waals surface area contributed by atoms with Crippen LogP contribution in [0.5, 0.6) is 5.75 Å². The Balaban J connectivity index is 1.74. The van der Waals surface area contributed by atoms with Gasteiger partial charge >= 0.3 is 0 Å². The van der Waals surface area contributed by atoms with E-state index in [1.165, 1.54) is 0 Å². The monoisotopic (exact) mass is 289 g/mol. The first-order valence-corrected chi connectivity index (χ1v) is 7.24. The molecule has 3 rings (SSSR count). The van der Waals surface area contributed by atoms with Gasteiger partial charge in [0.05, 0.1) is 11.2 Å². The van der Waals surface area contributed by atoms with Gasteiger partial charge in [-0.3, -0.25) is 9.59 Å². The van der Waals surface area contributed by atoms with Crippen molar-refractivity contribution in [3.05, 3.63) is 18.2 Å². The minimum absolute atomic E-state index is 0.0185. The largest absolute Gasteiger partial charge is 0.482 e. The minimum Gasteiger partial charge on any atom is -0.482 e. The highest BCUT2D eigenvalue weighted by atomic mass is 16.5. The van der Waals surface area contributed by atoms with E-state index >= 15 is 0 Å².